The van der Waals surface area contributed by atoms with E-state index in [0.717, 1.165) is 11.1 Å². The van der Waals surface area contributed by atoms with Crippen LogP contribution in [0.25, 0.3) is 6.08 Å². The molecule has 0 aliphatic carbocycles. The molecule has 2 amide bonds. The maximum atomic E-state index is 12.7. The Morgan fingerprint density at radius 3 is 2.68 bits per heavy atom. The van der Waals surface area contributed by atoms with Gasteiger partial charge in [0.15, 0.2) is 0 Å². The standard InChI is InChI=1S/C21H17ClN2O2S2/c1-14(10-15-6-3-2-4-7-15)11-18-20(26)24(21(27)28-18)13-19(25)23-17-9-5-8-16(22)12-17/h2-12H,13H2,1H3,(H,23,25)/b14-10+,18-11-. The van der Waals surface area contributed by atoms with Gasteiger partial charge in [0, 0.05) is 10.7 Å². The lowest BCUT2D eigenvalue weighted by Crippen LogP contribution is -2.36. The Bertz CT molecular complexity index is 987. The highest BCUT2D eigenvalue weighted by molar-refractivity contribution is 8.26. The molecule has 0 radical (unpaired) electrons. The van der Waals surface area contributed by atoms with Crippen LogP contribution in [0.15, 0.2) is 71.2 Å². The molecule has 0 saturated carbocycles. The summed E-state index contributed by atoms with van der Waals surface area (Å²) in [5, 5.41) is 3.24. The van der Waals surface area contributed by atoms with Crippen LogP contribution in [0.5, 0.6) is 0 Å². The summed E-state index contributed by atoms with van der Waals surface area (Å²) in [6.45, 7) is 1.78. The van der Waals surface area contributed by atoms with E-state index in [-0.39, 0.29) is 18.4 Å². The Morgan fingerprint density at radius 2 is 1.96 bits per heavy atom. The average molecular weight is 429 g/mol. The van der Waals surface area contributed by atoms with Gasteiger partial charge >= 0.3 is 0 Å². The summed E-state index contributed by atoms with van der Waals surface area (Å²) in [5.74, 6) is -0.603. The van der Waals surface area contributed by atoms with Crippen LogP contribution in [0, 0.1) is 0 Å². The first kappa shape index (κ1) is 20.3. The number of anilines is 1. The second-order valence-electron chi connectivity index (χ2n) is 6.13. The zero-order chi connectivity index (χ0) is 20.1. The molecule has 7 heteroatoms. The minimum absolute atomic E-state index is 0.143. The van der Waals surface area contributed by atoms with E-state index in [2.05, 4.69) is 5.32 Å². The maximum absolute atomic E-state index is 12.7. The molecule has 28 heavy (non-hydrogen) atoms. The molecule has 1 saturated heterocycles. The van der Waals surface area contributed by atoms with Crippen molar-refractivity contribution in [2.45, 2.75) is 6.92 Å². The monoisotopic (exact) mass is 428 g/mol. The molecule has 1 N–H and O–H groups in total. The number of amides is 2. The third kappa shape index (κ3) is 5.32. The molecule has 1 aliphatic heterocycles. The number of carbonyl (C=O) groups is 2. The summed E-state index contributed by atoms with van der Waals surface area (Å²) in [4.78, 5) is 26.8. The van der Waals surface area contributed by atoms with Gasteiger partial charge < -0.3 is 5.32 Å². The average Bonchev–Trinajstić information content (AvgIpc) is 2.90. The molecule has 4 nitrogen and oxygen atoms in total. The number of rotatable bonds is 5. The van der Waals surface area contributed by atoms with Crippen LogP contribution in [0.2, 0.25) is 5.02 Å². The predicted molar refractivity (Wildman–Crippen MR) is 120 cm³/mol. The number of nitrogens with zero attached hydrogens (tertiary/aromatic N) is 1. The van der Waals surface area contributed by atoms with Crippen molar-refractivity contribution >= 4 is 63.5 Å². The minimum Gasteiger partial charge on any atom is -0.324 e. The van der Waals surface area contributed by atoms with Crippen LogP contribution in [0.1, 0.15) is 12.5 Å². The third-order valence-electron chi connectivity index (χ3n) is 3.84. The summed E-state index contributed by atoms with van der Waals surface area (Å²) in [6.07, 6.45) is 3.78. The lowest BCUT2D eigenvalue weighted by molar-refractivity contribution is -0.126. The molecule has 1 fully saturated rings. The van der Waals surface area contributed by atoms with Crippen LogP contribution in [0.3, 0.4) is 0 Å². The molecule has 0 atom stereocenters. The summed E-state index contributed by atoms with van der Waals surface area (Å²) in [7, 11) is 0. The molecule has 0 unspecified atom stereocenters. The zero-order valence-electron chi connectivity index (χ0n) is 15.0. The van der Waals surface area contributed by atoms with Crippen LogP contribution < -0.4 is 5.32 Å². The largest absolute Gasteiger partial charge is 0.324 e. The van der Waals surface area contributed by atoms with Gasteiger partial charge in [0.25, 0.3) is 5.91 Å². The highest BCUT2D eigenvalue weighted by Crippen LogP contribution is 2.32. The van der Waals surface area contributed by atoms with Gasteiger partial charge in [0.2, 0.25) is 5.91 Å². The van der Waals surface area contributed by atoms with E-state index in [9.17, 15) is 9.59 Å². The van der Waals surface area contributed by atoms with Gasteiger partial charge in [-0.1, -0.05) is 78.1 Å². The molecule has 3 rings (SSSR count). The number of carbonyl (C=O) groups excluding carboxylic acids is 2. The normalized spacial score (nSPS) is 16.0. The Morgan fingerprint density at radius 1 is 1.21 bits per heavy atom. The van der Waals surface area contributed by atoms with Gasteiger partial charge in [-0.05, 0) is 42.3 Å². The maximum Gasteiger partial charge on any atom is 0.266 e. The number of hydrogen-bond donors (Lipinski definition) is 1. The van der Waals surface area contributed by atoms with E-state index in [1.807, 2.05) is 43.3 Å². The second-order valence-corrected chi connectivity index (χ2v) is 8.24. The first-order valence-electron chi connectivity index (χ1n) is 8.46. The Balaban J connectivity index is 1.67. The minimum atomic E-state index is -0.337. The van der Waals surface area contributed by atoms with E-state index in [1.54, 1.807) is 30.3 Å². The molecular weight excluding hydrogens is 412 g/mol. The highest BCUT2D eigenvalue weighted by Gasteiger charge is 2.33. The number of allylic oxidation sites excluding steroid dienone is 2. The van der Waals surface area contributed by atoms with Gasteiger partial charge in [-0.3, -0.25) is 14.5 Å². The smallest absolute Gasteiger partial charge is 0.266 e. The predicted octanol–water partition coefficient (Wildman–Crippen LogP) is 5.13. The Labute approximate surface area is 178 Å². The zero-order valence-corrected chi connectivity index (χ0v) is 17.4. The molecule has 142 valence electrons. The van der Waals surface area contributed by atoms with Gasteiger partial charge in [0.05, 0.1) is 4.91 Å². The van der Waals surface area contributed by atoms with Gasteiger partial charge in [-0.25, -0.2) is 0 Å². The van der Waals surface area contributed by atoms with Crippen molar-refractivity contribution in [2.75, 3.05) is 11.9 Å². The van der Waals surface area contributed by atoms with Gasteiger partial charge in [0.1, 0.15) is 10.9 Å². The van der Waals surface area contributed by atoms with E-state index >= 15 is 0 Å². The fourth-order valence-corrected chi connectivity index (χ4v) is 4.10. The molecule has 0 aromatic heterocycles. The number of thioether (sulfide) groups is 1. The molecule has 1 aliphatic rings. The molecule has 2 aromatic rings. The van der Waals surface area contributed by atoms with E-state index in [0.29, 0.717) is 19.9 Å². The number of thiocarbonyl (C=S) groups is 1. The fraction of sp³-hybridized carbons (Fsp3) is 0.0952. The van der Waals surface area contributed by atoms with Gasteiger partial charge in [-0.2, -0.15) is 0 Å². The summed E-state index contributed by atoms with van der Waals surface area (Å²) >= 11 is 12.4. The number of hydrogen-bond acceptors (Lipinski definition) is 4. The lowest BCUT2D eigenvalue weighted by Gasteiger charge is -2.14. The van der Waals surface area contributed by atoms with Crippen molar-refractivity contribution in [3.63, 3.8) is 0 Å². The van der Waals surface area contributed by atoms with E-state index < -0.39 is 0 Å². The number of benzene rings is 2. The third-order valence-corrected chi connectivity index (χ3v) is 5.45. The highest BCUT2D eigenvalue weighted by atomic mass is 35.5. The summed E-state index contributed by atoms with van der Waals surface area (Å²) < 4.78 is 0.366. The first-order valence-corrected chi connectivity index (χ1v) is 10.1. The van der Waals surface area contributed by atoms with Crippen molar-refractivity contribution in [1.29, 1.82) is 0 Å². The van der Waals surface area contributed by atoms with Crippen molar-refractivity contribution in [1.82, 2.24) is 4.90 Å². The van der Waals surface area contributed by atoms with Crippen molar-refractivity contribution < 1.29 is 9.59 Å². The van der Waals surface area contributed by atoms with Crippen LogP contribution in [0.4, 0.5) is 5.69 Å². The molecule has 0 bridgehead atoms. The van der Waals surface area contributed by atoms with Crippen LogP contribution in [-0.4, -0.2) is 27.6 Å². The van der Waals surface area contributed by atoms with Crippen LogP contribution >= 0.6 is 35.6 Å². The second kappa shape index (κ2) is 9.19. The quantitative estimate of drug-likeness (QED) is 0.530. The number of halogens is 1. The van der Waals surface area contributed by atoms with Crippen molar-refractivity contribution in [2.24, 2.45) is 0 Å². The lowest BCUT2D eigenvalue weighted by atomic mass is 10.1. The number of nitrogens with one attached hydrogen (secondary N) is 1. The molecule has 2 aromatic carbocycles. The fourth-order valence-electron chi connectivity index (χ4n) is 2.61. The summed E-state index contributed by atoms with van der Waals surface area (Å²) in [6, 6.07) is 16.7. The van der Waals surface area contributed by atoms with Crippen LogP contribution in [-0.2, 0) is 9.59 Å². The first-order chi connectivity index (χ1) is 13.4. The molecule has 0 spiro atoms. The van der Waals surface area contributed by atoms with Gasteiger partial charge in [-0.15, -0.1) is 0 Å². The van der Waals surface area contributed by atoms with Crippen molar-refractivity contribution in [3.05, 3.63) is 81.7 Å². The van der Waals surface area contributed by atoms with E-state index in [4.69, 9.17) is 23.8 Å². The molecule has 1 heterocycles. The Hall–Kier alpha value is -2.41. The topological polar surface area (TPSA) is 49.4 Å². The Kier molecular flexibility index (Phi) is 6.67. The van der Waals surface area contributed by atoms with E-state index in [1.165, 1.54) is 16.7 Å². The summed E-state index contributed by atoms with van der Waals surface area (Å²) in [5.41, 5.74) is 2.54. The SMILES string of the molecule is CC(/C=C1\SC(=S)N(CC(=O)Nc2cccc(Cl)c2)C1=O)=C\c1ccccc1. The molecular formula is C21H17ClN2O2S2. The van der Waals surface area contributed by atoms with Crippen molar-refractivity contribution in [3.8, 4) is 0 Å².